The Labute approximate surface area is 260 Å². The second-order valence-electron chi connectivity index (χ2n) is 10.9. The Morgan fingerprint density at radius 2 is 1.09 bits per heavy atom. The Kier molecular flexibility index (Phi) is 5.95. The van der Waals surface area contributed by atoms with E-state index >= 15 is 0 Å². The van der Waals surface area contributed by atoms with E-state index in [0.29, 0.717) is 0 Å². The van der Waals surface area contributed by atoms with Crippen LogP contribution in [0.25, 0.3) is 89.8 Å². The van der Waals surface area contributed by atoms with Gasteiger partial charge in [0.1, 0.15) is 0 Å². The van der Waals surface area contributed by atoms with Crippen LogP contribution in [0.3, 0.4) is 0 Å². The van der Waals surface area contributed by atoms with Crippen LogP contribution in [0.4, 0.5) is 0 Å². The first-order valence-corrected chi connectivity index (χ1v) is 14.2. The number of nitrogens with one attached hydrogen (secondary N) is 2. The van der Waals surface area contributed by atoms with Gasteiger partial charge in [0.15, 0.2) is 0 Å². The quantitative estimate of drug-likeness (QED) is 0.112. The van der Waals surface area contributed by atoms with Crippen LogP contribution < -0.4 is 0 Å². The van der Waals surface area contributed by atoms with Gasteiger partial charge in [0.05, 0.1) is 22.8 Å². The van der Waals surface area contributed by atoms with Crippen LogP contribution in [0, 0.1) is 0 Å². The van der Waals surface area contributed by atoms with Crippen molar-refractivity contribution in [3.05, 3.63) is 132 Å². The van der Waals surface area contributed by atoms with Crippen molar-refractivity contribution < 1.29 is 19.5 Å². The first-order chi connectivity index (χ1) is 20.7. The molecule has 9 rings (SSSR count). The molecule has 4 aromatic carbocycles. The molecule has 2 aliphatic rings. The van der Waals surface area contributed by atoms with Crippen molar-refractivity contribution in [1.29, 1.82) is 0 Å². The fraction of sp³-hybridized carbons (Fsp3) is 0. The van der Waals surface area contributed by atoms with Crippen LogP contribution in [0.2, 0.25) is 0 Å². The van der Waals surface area contributed by atoms with Gasteiger partial charge in [0.2, 0.25) is 0 Å². The molecule has 0 unspecified atom stereocenters. The molecule has 8 bridgehead atoms. The predicted molar refractivity (Wildman–Crippen MR) is 177 cm³/mol. The normalized spacial score (nSPS) is 12.3. The smallest absolute Gasteiger partial charge is 0.355 e. The Morgan fingerprint density at radius 1 is 0.465 bits per heavy atom. The number of aromatic nitrogens is 4. The number of nitrogens with zero attached hydrogens (tertiary/aromatic N) is 2. The molecule has 0 radical (unpaired) electrons. The van der Waals surface area contributed by atoms with Gasteiger partial charge in [-0.05, 0) is 117 Å². The van der Waals surface area contributed by atoms with E-state index in [2.05, 4.69) is 137 Å². The first kappa shape index (κ1) is 25.6. The van der Waals surface area contributed by atoms with E-state index in [0.717, 1.165) is 56.0 Å². The molecule has 0 aliphatic carbocycles. The number of aromatic amines is 2. The van der Waals surface area contributed by atoms with Gasteiger partial charge in [-0.3, -0.25) is 0 Å². The summed E-state index contributed by atoms with van der Waals surface area (Å²) in [5, 5.41) is 7.38. The van der Waals surface area contributed by atoms with Gasteiger partial charge in [-0.1, -0.05) is 54.6 Å². The summed E-state index contributed by atoms with van der Waals surface area (Å²) in [7, 11) is 0. The Bertz CT molecular complexity index is 2480. The summed E-state index contributed by atoms with van der Waals surface area (Å²) < 4.78 is 0. The standard InChI is InChI=1S/C38H24N4.Zn/c1-2-5-25-19-34-26(18-24(25)4-1)9-8-23-6-3-7-33(37(23)34)38-35-16-14-31(41-35)21-29-12-10-27(39-29)20-28-11-13-30(40-28)22-32-15-17-36(38)42-32;/h1-22,39,42H;/q;+2. The summed E-state index contributed by atoms with van der Waals surface area (Å²) in [4.78, 5) is 17.1. The summed E-state index contributed by atoms with van der Waals surface area (Å²) in [6, 6.07) is 38.9. The number of fused-ring (bicyclic) bond motifs is 12. The van der Waals surface area contributed by atoms with Crippen molar-refractivity contribution in [2.45, 2.75) is 0 Å². The Morgan fingerprint density at radius 3 is 1.88 bits per heavy atom. The molecule has 0 saturated heterocycles. The average Bonchev–Trinajstić information content (AvgIpc) is 3.83. The third kappa shape index (κ3) is 4.41. The molecular weight excluding hydrogens is 578 g/mol. The Balaban J connectivity index is 0.00000278. The van der Waals surface area contributed by atoms with Crippen molar-refractivity contribution in [1.82, 2.24) is 19.9 Å². The largest absolute Gasteiger partial charge is 2.00 e. The number of benzene rings is 4. The third-order valence-electron chi connectivity index (χ3n) is 8.22. The van der Waals surface area contributed by atoms with E-state index in [9.17, 15) is 0 Å². The molecule has 0 amide bonds. The zero-order chi connectivity index (χ0) is 27.6. The zero-order valence-corrected chi connectivity index (χ0v) is 26.3. The van der Waals surface area contributed by atoms with Gasteiger partial charge in [-0.25, -0.2) is 9.97 Å². The van der Waals surface area contributed by atoms with Crippen molar-refractivity contribution in [2.75, 3.05) is 0 Å². The van der Waals surface area contributed by atoms with Crippen LogP contribution in [-0.2, 0) is 19.5 Å². The SMILES string of the molecule is C1=Cc2cc3ccc([nH]3)c(-c3cccc4ccc5cc6ccccc6cc5c34)c3nc(cc4ccc(cc1n2)[nH]4)C=C3.[Zn+2]. The first-order valence-electron chi connectivity index (χ1n) is 14.2. The van der Waals surface area contributed by atoms with Gasteiger partial charge in [-0.15, -0.1) is 0 Å². The third-order valence-corrected chi connectivity index (χ3v) is 8.22. The van der Waals surface area contributed by atoms with Crippen molar-refractivity contribution in [3.63, 3.8) is 0 Å². The van der Waals surface area contributed by atoms with E-state index in [1.54, 1.807) is 0 Å². The predicted octanol–water partition coefficient (Wildman–Crippen LogP) is 9.78. The van der Waals surface area contributed by atoms with Crippen molar-refractivity contribution in [3.8, 4) is 11.1 Å². The topological polar surface area (TPSA) is 57.4 Å². The van der Waals surface area contributed by atoms with E-state index in [1.165, 1.54) is 32.3 Å². The second kappa shape index (κ2) is 10.0. The molecule has 0 fully saturated rings. The average molecular weight is 602 g/mol. The molecular formula is C38H24N4Zn+2. The molecule has 0 atom stereocenters. The van der Waals surface area contributed by atoms with Crippen LogP contribution in [0.5, 0.6) is 0 Å². The molecule has 43 heavy (non-hydrogen) atoms. The summed E-state index contributed by atoms with van der Waals surface area (Å²) in [5.41, 5.74) is 9.92. The molecule has 7 aromatic rings. The maximum absolute atomic E-state index is 5.15. The van der Waals surface area contributed by atoms with Crippen LogP contribution >= 0.6 is 0 Å². The molecule has 196 valence electrons. The number of hydrogen-bond donors (Lipinski definition) is 2. The Hall–Kier alpha value is -5.12. The van der Waals surface area contributed by atoms with E-state index < -0.39 is 0 Å². The molecule has 2 N–H and O–H groups in total. The molecule has 5 heterocycles. The monoisotopic (exact) mass is 600 g/mol. The maximum Gasteiger partial charge on any atom is 2.00 e. The minimum atomic E-state index is 0. The van der Waals surface area contributed by atoms with E-state index in [1.807, 2.05) is 6.08 Å². The summed E-state index contributed by atoms with van der Waals surface area (Å²) in [6.45, 7) is 0. The number of H-pyrrole nitrogens is 2. The van der Waals surface area contributed by atoms with Gasteiger partial charge >= 0.3 is 19.5 Å². The van der Waals surface area contributed by atoms with Gasteiger partial charge < -0.3 is 9.97 Å². The summed E-state index contributed by atoms with van der Waals surface area (Å²) in [6.07, 6.45) is 8.32. The maximum atomic E-state index is 5.15. The minimum Gasteiger partial charge on any atom is -0.355 e. The molecule has 2 aliphatic heterocycles. The number of rotatable bonds is 1. The fourth-order valence-corrected chi connectivity index (χ4v) is 6.30. The van der Waals surface area contributed by atoms with Crippen molar-refractivity contribution in [2.24, 2.45) is 0 Å². The zero-order valence-electron chi connectivity index (χ0n) is 23.3. The van der Waals surface area contributed by atoms with Crippen LogP contribution in [0.1, 0.15) is 22.8 Å². The van der Waals surface area contributed by atoms with Crippen LogP contribution in [0.15, 0.2) is 109 Å². The fourth-order valence-electron chi connectivity index (χ4n) is 6.30. The second-order valence-corrected chi connectivity index (χ2v) is 10.9. The van der Waals surface area contributed by atoms with Crippen LogP contribution in [-0.4, -0.2) is 19.9 Å². The number of hydrogen-bond acceptors (Lipinski definition) is 2. The van der Waals surface area contributed by atoms with E-state index in [-0.39, 0.29) is 19.5 Å². The summed E-state index contributed by atoms with van der Waals surface area (Å²) >= 11 is 0. The molecule has 0 saturated carbocycles. The van der Waals surface area contributed by atoms with Crippen molar-refractivity contribution >= 4 is 78.7 Å². The minimum absolute atomic E-state index is 0. The molecule has 3 aromatic heterocycles. The van der Waals surface area contributed by atoms with E-state index in [4.69, 9.17) is 9.97 Å². The van der Waals surface area contributed by atoms with Gasteiger partial charge in [0, 0.05) is 27.6 Å². The molecule has 5 heteroatoms. The molecule has 4 nitrogen and oxygen atoms in total. The van der Waals surface area contributed by atoms with Gasteiger partial charge in [-0.2, -0.15) is 0 Å². The van der Waals surface area contributed by atoms with Gasteiger partial charge in [0.25, 0.3) is 0 Å². The summed E-state index contributed by atoms with van der Waals surface area (Å²) in [5.74, 6) is 0. The molecule has 0 spiro atoms.